The Labute approximate surface area is 128 Å². The molecule has 1 rings (SSSR count). The van der Waals surface area contributed by atoms with E-state index < -0.39 is 5.54 Å². The van der Waals surface area contributed by atoms with Crippen LogP contribution in [-0.4, -0.2) is 45.2 Å². The van der Waals surface area contributed by atoms with Crippen molar-refractivity contribution >= 4 is 0 Å². The van der Waals surface area contributed by atoms with Crippen LogP contribution in [0.2, 0.25) is 0 Å². The monoisotopic (exact) mass is 295 g/mol. The molecule has 4 heteroatoms. The summed E-state index contributed by atoms with van der Waals surface area (Å²) in [6.07, 6.45) is 2.68. The molecule has 0 aliphatic carbocycles. The van der Waals surface area contributed by atoms with Crippen molar-refractivity contribution in [2.75, 3.05) is 40.1 Å². The molecule has 120 valence electrons. The number of nitrogens with one attached hydrogen (secondary N) is 1. The fraction of sp³-hybridized carbons (Fsp3) is 0.647. The number of methoxy groups -OCH3 is 1. The quantitative estimate of drug-likeness (QED) is 0.581. The van der Waals surface area contributed by atoms with Gasteiger partial charge in [-0.1, -0.05) is 37.3 Å². The molecule has 0 spiro atoms. The molecule has 0 saturated heterocycles. The van der Waals surface area contributed by atoms with Gasteiger partial charge in [-0.15, -0.1) is 0 Å². The average molecular weight is 295 g/mol. The Morgan fingerprint density at radius 1 is 1.14 bits per heavy atom. The third-order valence-electron chi connectivity index (χ3n) is 3.62. The zero-order valence-electron chi connectivity index (χ0n) is 13.3. The molecule has 0 radical (unpaired) electrons. The summed E-state index contributed by atoms with van der Waals surface area (Å²) in [6, 6.07) is 10.1. The summed E-state index contributed by atoms with van der Waals surface area (Å²) < 4.78 is 10.7. The number of aliphatic hydroxyl groups excluding tert-OH is 1. The van der Waals surface area contributed by atoms with Crippen LogP contribution in [0.25, 0.3) is 0 Å². The van der Waals surface area contributed by atoms with Crippen LogP contribution in [0, 0.1) is 0 Å². The van der Waals surface area contributed by atoms with E-state index in [-0.39, 0.29) is 6.61 Å². The molecule has 0 aliphatic heterocycles. The number of rotatable bonds is 12. The lowest BCUT2D eigenvalue weighted by Crippen LogP contribution is -2.47. The van der Waals surface area contributed by atoms with Gasteiger partial charge in [0.1, 0.15) is 0 Å². The maximum absolute atomic E-state index is 9.96. The normalized spacial score (nSPS) is 14.0. The minimum Gasteiger partial charge on any atom is -0.394 e. The Kier molecular flexibility index (Phi) is 9.26. The molecule has 0 amide bonds. The van der Waals surface area contributed by atoms with E-state index in [1.54, 1.807) is 7.11 Å². The van der Waals surface area contributed by atoms with Gasteiger partial charge in [-0.25, -0.2) is 0 Å². The molecule has 1 aromatic carbocycles. The molecule has 0 aromatic heterocycles. The Hall–Kier alpha value is -0.940. The molecule has 1 unspecified atom stereocenters. The van der Waals surface area contributed by atoms with E-state index in [0.29, 0.717) is 13.2 Å². The topological polar surface area (TPSA) is 50.7 Å². The standard InChI is InChI=1S/C17H29NO3/c1-3-11-18-17(15-19,16-8-5-4-6-9-16)10-14-21-13-7-12-20-2/h4-6,8-9,18-19H,3,7,10-15H2,1-2H3. The van der Waals surface area contributed by atoms with E-state index in [4.69, 9.17) is 9.47 Å². The number of benzene rings is 1. The Morgan fingerprint density at radius 3 is 2.52 bits per heavy atom. The molecule has 1 aromatic rings. The zero-order valence-corrected chi connectivity index (χ0v) is 13.3. The maximum Gasteiger partial charge on any atom is 0.0691 e. The van der Waals surface area contributed by atoms with E-state index in [2.05, 4.69) is 24.4 Å². The van der Waals surface area contributed by atoms with E-state index in [9.17, 15) is 5.11 Å². The fourth-order valence-electron chi connectivity index (χ4n) is 2.34. The summed E-state index contributed by atoms with van der Waals surface area (Å²) >= 11 is 0. The lowest BCUT2D eigenvalue weighted by Gasteiger charge is -2.34. The molecule has 0 saturated carbocycles. The van der Waals surface area contributed by atoms with Gasteiger partial charge in [0.2, 0.25) is 0 Å². The molecular formula is C17H29NO3. The van der Waals surface area contributed by atoms with Crippen molar-refractivity contribution in [3.05, 3.63) is 35.9 Å². The maximum atomic E-state index is 9.96. The average Bonchev–Trinajstić information content (AvgIpc) is 2.55. The van der Waals surface area contributed by atoms with Gasteiger partial charge in [-0.05, 0) is 31.4 Å². The van der Waals surface area contributed by atoms with Gasteiger partial charge < -0.3 is 19.9 Å². The van der Waals surface area contributed by atoms with Crippen LogP contribution in [0.4, 0.5) is 0 Å². The summed E-state index contributed by atoms with van der Waals surface area (Å²) in [5.74, 6) is 0. The first-order valence-electron chi connectivity index (χ1n) is 7.77. The predicted octanol–water partition coefficient (Wildman–Crippen LogP) is 2.32. The minimum atomic E-state index is -0.418. The fourth-order valence-corrected chi connectivity index (χ4v) is 2.34. The van der Waals surface area contributed by atoms with Crippen LogP contribution >= 0.6 is 0 Å². The van der Waals surface area contributed by atoms with Gasteiger partial charge >= 0.3 is 0 Å². The van der Waals surface area contributed by atoms with Gasteiger partial charge in [-0.2, -0.15) is 0 Å². The Balaban J connectivity index is 2.59. The largest absolute Gasteiger partial charge is 0.394 e. The second-order valence-electron chi connectivity index (χ2n) is 5.24. The van der Waals surface area contributed by atoms with Crippen LogP contribution in [-0.2, 0) is 15.0 Å². The minimum absolute atomic E-state index is 0.0679. The first-order valence-corrected chi connectivity index (χ1v) is 7.77. The van der Waals surface area contributed by atoms with Crippen LogP contribution < -0.4 is 5.32 Å². The van der Waals surface area contributed by atoms with Crippen molar-refractivity contribution in [2.24, 2.45) is 0 Å². The lowest BCUT2D eigenvalue weighted by atomic mass is 9.87. The molecule has 0 fully saturated rings. The predicted molar refractivity (Wildman–Crippen MR) is 85.4 cm³/mol. The van der Waals surface area contributed by atoms with Crippen LogP contribution in [0.3, 0.4) is 0 Å². The highest BCUT2D eigenvalue weighted by Gasteiger charge is 2.30. The van der Waals surface area contributed by atoms with Crippen molar-refractivity contribution in [3.8, 4) is 0 Å². The van der Waals surface area contributed by atoms with Crippen LogP contribution in [0.15, 0.2) is 30.3 Å². The van der Waals surface area contributed by atoms with Crippen molar-refractivity contribution < 1.29 is 14.6 Å². The van der Waals surface area contributed by atoms with Crippen molar-refractivity contribution in [3.63, 3.8) is 0 Å². The van der Waals surface area contributed by atoms with Crippen LogP contribution in [0.5, 0.6) is 0 Å². The Bertz CT molecular complexity index is 358. The number of hydrogen-bond donors (Lipinski definition) is 2. The highest BCUT2D eigenvalue weighted by Crippen LogP contribution is 2.25. The first kappa shape index (κ1) is 18.1. The van der Waals surface area contributed by atoms with E-state index >= 15 is 0 Å². The summed E-state index contributed by atoms with van der Waals surface area (Å²) in [6.45, 7) is 5.10. The molecule has 1 atom stereocenters. The smallest absolute Gasteiger partial charge is 0.0691 e. The Morgan fingerprint density at radius 2 is 1.90 bits per heavy atom. The van der Waals surface area contributed by atoms with Crippen LogP contribution in [0.1, 0.15) is 31.7 Å². The summed E-state index contributed by atoms with van der Waals surface area (Å²) in [5, 5.41) is 13.5. The van der Waals surface area contributed by atoms with Gasteiger partial charge in [-0.3, -0.25) is 0 Å². The second-order valence-corrected chi connectivity index (χ2v) is 5.24. The van der Waals surface area contributed by atoms with E-state index in [1.807, 2.05) is 18.2 Å². The molecular weight excluding hydrogens is 266 g/mol. The summed E-state index contributed by atoms with van der Waals surface area (Å²) in [5.41, 5.74) is 0.694. The third-order valence-corrected chi connectivity index (χ3v) is 3.62. The van der Waals surface area contributed by atoms with Gasteiger partial charge in [0, 0.05) is 26.9 Å². The number of aliphatic hydroxyl groups is 1. The summed E-state index contributed by atoms with van der Waals surface area (Å²) in [7, 11) is 1.70. The third kappa shape index (κ3) is 6.14. The van der Waals surface area contributed by atoms with Crippen molar-refractivity contribution in [1.82, 2.24) is 5.32 Å². The summed E-state index contributed by atoms with van der Waals surface area (Å²) in [4.78, 5) is 0. The van der Waals surface area contributed by atoms with Gasteiger partial charge in [0.05, 0.1) is 12.1 Å². The van der Waals surface area contributed by atoms with Gasteiger partial charge in [0.25, 0.3) is 0 Å². The van der Waals surface area contributed by atoms with E-state index in [1.165, 1.54) is 0 Å². The molecule has 2 N–H and O–H groups in total. The SMILES string of the molecule is CCCNC(CO)(CCOCCCOC)c1ccccc1. The highest BCUT2D eigenvalue weighted by molar-refractivity contribution is 5.24. The molecule has 4 nitrogen and oxygen atoms in total. The molecule has 21 heavy (non-hydrogen) atoms. The number of hydrogen-bond acceptors (Lipinski definition) is 4. The molecule has 0 bridgehead atoms. The molecule has 0 heterocycles. The van der Waals surface area contributed by atoms with Gasteiger partial charge in [0.15, 0.2) is 0 Å². The lowest BCUT2D eigenvalue weighted by molar-refractivity contribution is 0.0668. The highest BCUT2D eigenvalue weighted by atomic mass is 16.5. The van der Waals surface area contributed by atoms with Crippen molar-refractivity contribution in [2.45, 2.75) is 31.7 Å². The zero-order chi connectivity index (χ0) is 15.4. The molecule has 0 aliphatic rings. The first-order chi connectivity index (χ1) is 10.3. The van der Waals surface area contributed by atoms with E-state index in [0.717, 1.165) is 38.0 Å². The second kappa shape index (κ2) is 10.7. The number of ether oxygens (including phenoxy) is 2. The van der Waals surface area contributed by atoms with Crippen molar-refractivity contribution in [1.29, 1.82) is 0 Å².